The number of benzene rings is 7. The molecule has 4 nitrogen and oxygen atoms in total. The minimum Gasteiger partial charge on any atom is -0.347 e. The summed E-state index contributed by atoms with van der Waals surface area (Å²) in [7, 11) is 0. The molecule has 53 heavy (non-hydrogen) atoms. The van der Waals surface area contributed by atoms with E-state index in [9.17, 15) is 0 Å². The van der Waals surface area contributed by atoms with Crippen LogP contribution in [0.4, 0.5) is 0 Å². The Labute approximate surface area is 306 Å². The van der Waals surface area contributed by atoms with Crippen molar-refractivity contribution in [2.75, 3.05) is 0 Å². The molecule has 0 saturated carbocycles. The Morgan fingerprint density at radius 3 is 1.74 bits per heavy atom. The van der Waals surface area contributed by atoms with Gasteiger partial charge in [-0.05, 0) is 111 Å². The van der Waals surface area contributed by atoms with Crippen LogP contribution in [0.3, 0.4) is 0 Å². The van der Waals surface area contributed by atoms with Crippen LogP contribution in [0.1, 0.15) is 16.7 Å². The van der Waals surface area contributed by atoms with E-state index in [1.54, 1.807) is 0 Å². The van der Waals surface area contributed by atoms with E-state index in [1.165, 1.54) is 93.4 Å². The molecule has 0 saturated heterocycles. The number of hydrogen-bond donors (Lipinski definition) is 1. The summed E-state index contributed by atoms with van der Waals surface area (Å²) >= 11 is 0. The zero-order chi connectivity index (χ0) is 35.4. The van der Waals surface area contributed by atoms with E-state index in [0.717, 1.165) is 17.0 Å². The number of para-hydroxylation sites is 2. The second kappa shape index (κ2) is 11.1. The summed E-state index contributed by atoms with van der Waals surface area (Å²) in [4.78, 5) is 3.52. The molecule has 11 aromatic rings. The summed E-state index contributed by atoms with van der Waals surface area (Å²) < 4.78 is 7.22. The van der Waals surface area contributed by atoms with Crippen LogP contribution in [0, 0.1) is 20.8 Å². The van der Waals surface area contributed by atoms with Crippen LogP contribution < -0.4 is 0 Å². The van der Waals surface area contributed by atoms with Crippen molar-refractivity contribution in [1.29, 1.82) is 0 Å². The van der Waals surface area contributed by atoms with E-state index in [4.69, 9.17) is 0 Å². The molecule has 0 amide bonds. The maximum absolute atomic E-state index is 3.52. The van der Waals surface area contributed by atoms with Crippen LogP contribution >= 0.6 is 0 Å². The Kier molecular flexibility index (Phi) is 6.27. The lowest BCUT2D eigenvalue weighted by atomic mass is 10.0. The minimum absolute atomic E-state index is 1.11. The van der Waals surface area contributed by atoms with Crippen molar-refractivity contribution in [2.45, 2.75) is 20.8 Å². The maximum atomic E-state index is 3.52. The molecule has 0 aliphatic carbocycles. The average Bonchev–Trinajstić information content (AvgIpc) is 3.94. The van der Waals surface area contributed by atoms with Gasteiger partial charge in [0, 0.05) is 55.5 Å². The first-order chi connectivity index (χ1) is 26.0. The van der Waals surface area contributed by atoms with Gasteiger partial charge < -0.3 is 14.1 Å². The number of fused-ring (bicyclic) bond motifs is 9. The summed E-state index contributed by atoms with van der Waals surface area (Å²) in [5, 5.41) is 7.52. The van der Waals surface area contributed by atoms with E-state index in [0.29, 0.717) is 0 Å². The molecule has 0 radical (unpaired) electrons. The molecule has 0 aliphatic heterocycles. The number of aromatic amines is 1. The van der Waals surface area contributed by atoms with Crippen molar-refractivity contribution in [3.63, 3.8) is 0 Å². The van der Waals surface area contributed by atoms with Crippen molar-refractivity contribution >= 4 is 65.5 Å². The fraction of sp³-hybridized carbons (Fsp3) is 0.0612. The zero-order valence-electron chi connectivity index (χ0n) is 29.9. The van der Waals surface area contributed by atoms with Crippen LogP contribution in [0.5, 0.6) is 0 Å². The molecule has 252 valence electrons. The van der Waals surface area contributed by atoms with E-state index < -0.39 is 0 Å². The summed E-state index contributed by atoms with van der Waals surface area (Å²) in [6.07, 6.45) is 2.04. The highest BCUT2D eigenvalue weighted by Crippen LogP contribution is 2.41. The molecule has 0 atom stereocenters. The largest absolute Gasteiger partial charge is 0.347 e. The third-order valence-corrected chi connectivity index (χ3v) is 11.2. The fourth-order valence-corrected chi connectivity index (χ4v) is 8.76. The van der Waals surface area contributed by atoms with Gasteiger partial charge in [0.25, 0.3) is 0 Å². The summed E-state index contributed by atoms with van der Waals surface area (Å²) in [5.74, 6) is 0. The normalized spacial score (nSPS) is 12.1. The number of nitrogens with zero attached hydrogens (tertiary/aromatic N) is 3. The second-order valence-corrected chi connectivity index (χ2v) is 14.6. The van der Waals surface area contributed by atoms with Crippen molar-refractivity contribution in [2.24, 2.45) is 0 Å². The fourth-order valence-electron chi connectivity index (χ4n) is 8.76. The summed E-state index contributed by atoms with van der Waals surface area (Å²) in [6.45, 7) is 6.49. The van der Waals surface area contributed by atoms with Gasteiger partial charge in [0.05, 0.1) is 33.3 Å². The third-order valence-electron chi connectivity index (χ3n) is 11.2. The van der Waals surface area contributed by atoms with Crippen molar-refractivity contribution < 1.29 is 0 Å². The van der Waals surface area contributed by atoms with E-state index in [-0.39, 0.29) is 0 Å². The van der Waals surface area contributed by atoms with Crippen molar-refractivity contribution in [3.8, 4) is 28.2 Å². The topological polar surface area (TPSA) is 30.6 Å². The molecule has 7 aromatic carbocycles. The van der Waals surface area contributed by atoms with Gasteiger partial charge in [-0.15, -0.1) is 0 Å². The number of aromatic nitrogens is 4. The number of nitrogens with one attached hydrogen (secondary N) is 1. The molecule has 4 heterocycles. The van der Waals surface area contributed by atoms with Crippen molar-refractivity contribution in [3.05, 3.63) is 175 Å². The average molecular weight is 681 g/mol. The molecule has 1 N–H and O–H groups in total. The molecule has 0 bridgehead atoms. The van der Waals surface area contributed by atoms with Crippen molar-refractivity contribution in [1.82, 2.24) is 18.7 Å². The standard InChI is InChI=1S/C49H36N4/c1-30-12-17-34(18-13-30)52-47-22-16-33(28-41(47)38-24-25-50-49(38)52)36-8-4-6-10-43(36)53-44-11-7-5-9-37(44)42-29-35(19-23-48(42)53)51-45-20-14-31(2)26-39(45)40-27-32(3)15-21-46(40)51/h4-29,50H,1-3H3. The quantitative estimate of drug-likeness (QED) is 0.192. The van der Waals surface area contributed by atoms with Gasteiger partial charge in [0.2, 0.25) is 0 Å². The Morgan fingerprint density at radius 2 is 0.943 bits per heavy atom. The molecule has 0 fully saturated rings. The molecule has 0 aliphatic rings. The molecule has 4 aromatic heterocycles. The molecule has 0 spiro atoms. The van der Waals surface area contributed by atoms with Gasteiger partial charge in [-0.1, -0.05) is 83.4 Å². The van der Waals surface area contributed by atoms with Crippen LogP contribution in [0.25, 0.3) is 93.7 Å². The summed E-state index contributed by atoms with van der Waals surface area (Å²) in [6, 6.07) is 56.2. The lowest BCUT2D eigenvalue weighted by Crippen LogP contribution is -1.98. The Bertz CT molecular complexity index is 3190. The first-order valence-corrected chi connectivity index (χ1v) is 18.4. The van der Waals surface area contributed by atoms with E-state index in [2.05, 4.69) is 191 Å². The molecule has 4 heteroatoms. The zero-order valence-corrected chi connectivity index (χ0v) is 29.9. The van der Waals surface area contributed by atoms with Crippen LogP contribution in [-0.4, -0.2) is 18.7 Å². The van der Waals surface area contributed by atoms with Gasteiger partial charge in [0.1, 0.15) is 5.65 Å². The monoisotopic (exact) mass is 680 g/mol. The van der Waals surface area contributed by atoms with E-state index in [1.807, 2.05) is 6.20 Å². The number of hydrogen-bond acceptors (Lipinski definition) is 0. The number of H-pyrrole nitrogens is 1. The number of aryl methyl sites for hydroxylation is 3. The lowest BCUT2D eigenvalue weighted by molar-refractivity contribution is 1.14. The Balaban J connectivity index is 1.12. The predicted octanol–water partition coefficient (Wildman–Crippen LogP) is 12.9. The highest BCUT2D eigenvalue weighted by molar-refractivity contribution is 6.13. The maximum Gasteiger partial charge on any atom is 0.123 e. The highest BCUT2D eigenvalue weighted by atomic mass is 15.0. The third kappa shape index (κ3) is 4.36. The molecule has 0 unspecified atom stereocenters. The SMILES string of the molecule is Cc1ccc(-n2c3ccc(-c4ccccc4-n4c5ccccc5c5cc(-n6c7ccc(C)cc7c7cc(C)ccc76)ccc54)cc3c3cc[nH]c32)cc1. The van der Waals surface area contributed by atoms with Crippen LogP contribution in [0.2, 0.25) is 0 Å². The van der Waals surface area contributed by atoms with Crippen LogP contribution in [-0.2, 0) is 0 Å². The van der Waals surface area contributed by atoms with Gasteiger partial charge >= 0.3 is 0 Å². The first-order valence-electron chi connectivity index (χ1n) is 18.4. The first kappa shape index (κ1) is 29.9. The minimum atomic E-state index is 1.11. The van der Waals surface area contributed by atoms with Gasteiger partial charge in [-0.25, -0.2) is 0 Å². The van der Waals surface area contributed by atoms with Crippen LogP contribution in [0.15, 0.2) is 158 Å². The summed E-state index contributed by atoms with van der Waals surface area (Å²) in [5.41, 5.74) is 16.8. The second-order valence-electron chi connectivity index (χ2n) is 14.6. The predicted molar refractivity (Wildman–Crippen MR) is 223 cm³/mol. The van der Waals surface area contributed by atoms with Gasteiger partial charge in [-0.3, -0.25) is 4.57 Å². The molecular weight excluding hydrogens is 645 g/mol. The smallest absolute Gasteiger partial charge is 0.123 e. The molecule has 11 rings (SSSR count). The lowest BCUT2D eigenvalue weighted by Gasteiger charge is -2.15. The Morgan fingerprint density at radius 1 is 0.377 bits per heavy atom. The van der Waals surface area contributed by atoms with Gasteiger partial charge in [-0.2, -0.15) is 0 Å². The molecular formula is C49H36N4. The van der Waals surface area contributed by atoms with E-state index >= 15 is 0 Å². The number of rotatable bonds is 4. The van der Waals surface area contributed by atoms with Gasteiger partial charge in [0.15, 0.2) is 0 Å². The Hall–Kier alpha value is -6.78. The highest BCUT2D eigenvalue weighted by Gasteiger charge is 2.20.